The number of carbonyl (C=O) groups is 1. The van der Waals surface area contributed by atoms with Crippen LogP contribution in [-0.4, -0.2) is 28.0 Å². The van der Waals surface area contributed by atoms with Crippen molar-refractivity contribution in [1.82, 2.24) is 15.1 Å². The molecule has 0 saturated carbocycles. The molecule has 3 aromatic rings. The highest BCUT2D eigenvalue weighted by molar-refractivity contribution is 7.99. The molecule has 0 saturated heterocycles. The fourth-order valence-electron chi connectivity index (χ4n) is 2.79. The van der Waals surface area contributed by atoms with Crippen molar-refractivity contribution >= 4 is 28.4 Å². The maximum atomic E-state index is 12.7. The Hall–Kier alpha value is -2.60. The summed E-state index contributed by atoms with van der Waals surface area (Å²) in [5, 5.41) is 8.38. The zero-order chi connectivity index (χ0) is 19.2. The van der Waals surface area contributed by atoms with E-state index >= 15 is 0 Å². The molecule has 0 aliphatic heterocycles. The second kappa shape index (κ2) is 8.86. The van der Waals surface area contributed by atoms with E-state index in [0.717, 1.165) is 12.2 Å². The average Bonchev–Trinajstić information content (AvgIpc) is 2.68. The number of thioether (sulfide) groups is 1. The Morgan fingerprint density at radius 3 is 2.44 bits per heavy atom. The first-order chi connectivity index (χ1) is 13.1. The molecule has 6 heteroatoms. The van der Waals surface area contributed by atoms with Crippen LogP contribution < -0.4 is 10.9 Å². The van der Waals surface area contributed by atoms with E-state index in [2.05, 4.69) is 22.5 Å². The molecule has 1 heterocycles. The topological polar surface area (TPSA) is 64.0 Å². The van der Waals surface area contributed by atoms with Crippen LogP contribution in [-0.2, 0) is 0 Å². The zero-order valence-corrected chi connectivity index (χ0v) is 16.3. The second-order valence-electron chi connectivity index (χ2n) is 6.51. The molecule has 3 rings (SSSR count). The van der Waals surface area contributed by atoms with Gasteiger partial charge in [0.05, 0.1) is 11.4 Å². The number of amides is 1. The third-order valence-corrected chi connectivity index (χ3v) is 5.25. The van der Waals surface area contributed by atoms with Crippen LogP contribution in [0.2, 0.25) is 0 Å². The van der Waals surface area contributed by atoms with Gasteiger partial charge in [0.1, 0.15) is 0 Å². The Kier molecular flexibility index (Phi) is 6.29. The SMILES string of the molecule is CC(C)n1nc(C(=O)NCCCSc2ccccc2)c2ccccc2c1=O. The molecule has 0 atom stereocenters. The van der Waals surface area contributed by atoms with Crippen molar-refractivity contribution in [2.24, 2.45) is 0 Å². The predicted molar refractivity (Wildman–Crippen MR) is 111 cm³/mol. The molecule has 140 valence electrons. The van der Waals surface area contributed by atoms with Gasteiger partial charge in [-0.05, 0) is 44.2 Å². The summed E-state index contributed by atoms with van der Waals surface area (Å²) in [5.41, 5.74) is 0.131. The van der Waals surface area contributed by atoms with Gasteiger partial charge >= 0.3 is 0 Å². The number of fused-ring (bicyclic) bond motifs is 1. The van der Waals surface area contributed by atoms with E-state index in [9.17, 15) is 9.59 Å². The van der Waals surface area contributed by atoms with Gasteiger partial charge in [-0.1, -0.05) is 36.4 Å². The van der Waals surface area contributed by atoms with E-state index in [4.69, 9.17) is 0 Å². The van der Waals surface area contributed by atoms with Gasteiger partial charge in [0.2, 0.25) is 0 Å². The molecule has 0 unspecified atom stereocenters. The predicted octanol–water partition coefficient (Wildman–Crippen LogP) is 3.89. The van der Waals surface area contributed by atoms with Crippen LogP contribution in [0.3, 0.4) is 0 Å². The van der Waals surface area contributed by atoms with Crippen molar-refractivity contribution in [3.63, 3.8) is 0 Å². The van der Waals surface area contributed by atoms with Gasteiger partial charge in [0.15, 0.2) is 5.69 Å². The molecule has 1 N–H and O–H groups in total. The number of nitrogens with one attached hydrogen (secondary N) is 1. The quantitative estimate of drug-likeness (QED) is 0.498. The number of aromatic nitrogens is 2. The average molecular weight is 382 g/mol. The summed E-state index contributed by atoms with van der Waals surface area (Å²) in [5.74, 6) is 0.676. The summed E-state index contributed by atoms with van der Waals surface area (Å²) in [6, 6.07) is 17.2. The van der Waals surface area contributed by atoms with Crippen LogP contribution in [0.25, 0.3) is 10.8 Å². The van der Waals surface area contributed by atoms with Gasteiger partial charge in [0, 0.05) is 16.8 Å². The molecule has 0 fully saturated rings. The normalized spacial score (nSPS) is 11.1. The smallest absolute Gasteiger partial charge is 0.274 e. The van der Waals surface area contributed by atoms with Gasteiger partial charge in [-0.2, -0.15) is 5.10 Å². The largest absolute Gasteiger partial charge is 0.351 e. The van der Waals surface area contributed by atoms with Gasteiger partial charge in [-0.15, -0.1) is 11.8 Å². The lowest BCUT2D eigenvalue weighted by molar-refractivity contribution is 0.0948. The summed E-state index contributed by atoms with van der Waals surface area (Å²) in [6.45, 7) is 4.33. The minimum atomic E-state index is -0.245. The van der Waals surface area contributed by atoms with Crippen molar-refractivity contribution in [1.29, 1.82) is 0 Å². The number of rotatable bonds is 7. The lowest BCUT2D eigenvalue weighted by Gasteiger charge is -2.13. The highest BCUT2D eigenvalue weighted by atomic mass is 32.2. The van der Waals surface area contributed by atoms with Crippen molar-refractivity contribution in [2.45, 2.75) is 31.2 Å². The van der Waals surface area contributed by atoms with Crippen LogP contribution in [0, 0.1) is 0 Å². The molecule has 1 aromatic heterocycles. The number of hydrogen-bond acceptors (Lipinski definition) is 4. The third-order valence-electron chi connectivity index (χ3n) is 4.15. The van der Waals surface area contributed by atoms with E-state index in [1.54, 1.807) is 30.0 Å². The first-order valence-corrected chi connectivity index (χ1v) is 10.0. The van der Waals surface area contributed by atoms with E-state index in [0.29, 0.717) is 23.0 Å². The Morgan fingerprint density at radius 1 is 1.07 bits per heavy atom. The monoisotopic (exact) mass is 381 g/mol. The van der Waals surface area contributed by atoms with Crippen molar-refractivity contribution in [3.05, 3.63) is 70.6 Å². The van der Waals surface area contributed by atoms with Crippen LogP contribution >= 0.6 is 11.8 Å². The van der Waals surface area contributed by atoms with Gasteiger partial charge < -0.3 is 5.32 Å². The molecular weight excluding hydrogens is 358 g/mol. The van der Waals surface area contributed by atoms with E-state index in [-0.39, 0.29) is 17.5 Å². The van der Waals surface area contributed by atoms with Crippen molar-refractivity contribution in [3.8, 4) is 0 Å². The van der Waals surface area contributed by atoms with Crippen LogP contribution in [0.5, 0.6) is 0 Å². The number of benzene rings is 2. The Labute approximate surface area is 162 Å². The summed E-state index contributed by atoms with van der Waals surface area (Å²) >= 11 is 1.77. The Balaban J connectivity index is 1.68. The van der Waals surface area contributed by atoms with Gasteiger partial charge in [-0.25, -0.2) is 4.68 Å². The van der Waals surface area contributed by atoms with Crippen LogP contribution in [0.4, 0.5) is 0 Å². The number of carbonyl (C=O) groups excluding carboxylic acids is 1. The summed E-state index contributed by atoms with van der Waals surface area (Å²) in [4.78, 5) is 26.4. The molecule has 27 heavy (non-hydrogen) atoms. The summed E-state index contributed by atoms with van der Waals surface area (Å²) < 4.78 is 1.38. The molecule has 0 spiro atoms. The van der Waals surface area contributed by atoms with Gasteiger partial charge in [0.25, 0.3) is 11.5 Å². The molecule has 0 radical (unpaired) electrons. The summed E-state index contributed by atoms with van der Waals surface area (Å²) in [6.07, 6.45) is 0.854. The molecule has 0 aliphatic carbocycles. The fraction of sp³-hybridized carbons (Fsp3) is 0.286. The van der Waals surface area contributed by atoms with Crippen molar-refractivity contribution in [2.75, 3.05) is 12.3 Å². The lowest BCUT2D eigenvalue weighted by atomic mass is 10.1. The first-order valence-electron chi connectivity index (χ1n) is 9.05. The van der Waals surface area contributed by atoms with E-state index in [1.807, 2.05) is 38.1 Å². The molecule has 1 amide bonds. The third kappa shape index (κ3) is 4.57. The van der Waals surface area contributed by atoms with Crippen LogP contribution in [0.15, 0.2) is 64.3 Å². The first kappa shape index (κ1) is 19.2. The highest BCUT2D eigenvalue weighted by Gasteiger charge is 2.17. The molecule has 0 aliphatic rings. The van der Waals surface area contributed by atoms with Gasteiger partial charge in [-0.3, -0.25) is 9.59 Å². The minimum absolute atomic E-state index is 0.115. The molecule has 5 nitrogen and oxygen atoms in total. The Bertz CT molecular complexity index is 984. The maximum Gasteiger partial charge on any atom is 0.274 e. The summed E-state index contributed by atoms with van der Waals surface area (Å²) in [7, 11) is 0. The van der Waals surface area contributed by atoms with Crippen molar-refractivity contribution < 1.29 is 4.79 Å². The number of nitrogens with zero attached hydrogens (tertiary/aromatic N) is 2. The lowest BCUT2D eigenvalue weighted by Crippen LogP contribution is -2.32. The van der Waals surface area contributed by atoms with E-state index < -0.39 is 0 Å². The highest BCUT2D eigenvalue weighted by Crippen LogP contribution is 2.18. The zero-order valence-electron chi connectivity index (χ0n) is 15.5. The Morgan fingerprint density at radius 2 is 1.74 bits per heavy atom. The van der Waals surface area contributed by atoms with Crippen LogP contribution in [0.1, 0.15) is 36.8 Å². The standard InChI is InChI=1S/C21H23N3O2S/c1-15(2)24-21(26)18-12-7-6-11-17(18)19(23-24)20(25)22-13-8-14-27-16-9-4-3-5-10-16/h3-7,9-12,15H,8,13-14H2,1-2H3,(H,22,25). The van der Waals surface area contributed by atoms with E-state index in [1.165, 1.54) is 9.58 Å². The minimum Gasteiger partial charge on any atom is -0.351 e. The molecule has 0 bridgehead atoms. The number of hydrogen-bond donors (Lipinski definition) is 1. The molecule has 2 aromatic carbocycles. The molecular formula is C21H23N3O2S. The fourth-order valence-corrected chi connectivity index (χ4v) is 3.66. The second-order valence-corrected chi connectivity index (χ2v) is 7.68. The maximum absolute atomic E-state index is 12.7.